The Kier molecular flexibility index (Phi) is 10.3. The summed E-state index contributed by atoms with van der Waals surface area (Å²) in [6, 6.07) is 10.9. The van der Waals surface area contributed by atoms with Gasteiger partial charge in [0.1, 0.15) is 6.17 Å². The van der Waals surface area contributed by atoms with Crippen molar-refractivity contribution in [3.63, 3.8) is 0 Å². The second-order valence-corrected chi connectivity index (χ2v) is 7.73. The van der Waals surface area contributed by atoms with Gasteiger partial charge in [-0.15, -0.1) is 0 Å². The lowest BCUT2D eigenvalue weighted by Gasteiger charge is -2.33. The van der Waals surface area contributed by atoms with E-state index in [4.69, 9.17) is 0 Å². The largest absolute Gasteiger partial charge is 0.356 e. The van der Waals surface area contributed by atoms with Crippen LogP contribution in [-0.2, 0) is 0 Å². The van der Waals surface area contributed by atoms with Gasteiger partial charge < -0.3 is 9.80 Å². The number of rotatable bonds is 14. The fraction of sp³-hybridized carbons (Fsp3) is 0.667. The molecule has 0 bridgehead atoms. The fourth-order valence-corrected chi connectivity index (χ4v) is 3.91. The highest BCUT2D eigenvalue weighted by Gasteiger charge is 2.26. The van der Waals surface area contributed by atoms with Crippen molar-refractivity contribution in [3.05, 3.63) is 42.7 Å². The Bertz CT molecular complexity index is 482. The minimum atomic E-state index is 0.509. The number of nitrogens with zero attached hydrogens (tertiary/aromatic N) is 2. The first-order chi connectivity index (χ1) is 12.9. The number of anilines is 1. The molecule has 0 radical (unpaired) electrons. The molecule has 146 valence electrons. The van der Waals surface area contributed by atoms with Crippen LogP contribution in [0.25, 0.3) is 0 Å². The van der Waals surface area contributed by atoms with Crippen LogP contribution in [0.3, 0.4) is 0 Å². The van der Waals surface area contributed by atoms with Crippen molar-refractivity contribution >= 4 is 5.69 Å². The van der Waals surface area contributed by atoms with Crippen LogP contribution in [0.15, 0.2) is 42.7 Å². The molecule has 0 spiro atoms. The predicted octanol–water partition coefficient (Wildman–Crippen LogP) is 7.33. The minimum Gasteiger partial charge on any atom is -0.356 e. The minimum absolute atomic E-state index is 0.509. The van der Waals surface area contributed by atoms with Crippen LogP contribution in [0.5, 0.6) is 0 Å². The molecule has 1 unspecified atom stereocenters. The van der Waals surface area contributed by atoms with Gasteiger partial charge in [0.05, 0.1) is 0 Å². The van der Waals surface area contributed by atoms with Crippen molar-refractivity contribution in [2.75, 3.05) is 11.4 Å². The van der Waals surface area contributed by atoms with E-state index >= 15 is 0 Å². The molecule has 26 heavy (non-hydrogen) atoms. The summed E-state index contributed by atoms with van der Waals surface area (Å²) in [6.45, 7) is 5.78. The molecule has 0 N–H and O–H groups in total. The summed E-state index contributed by atoms with van der Waals surface area (Å²) in [5.74, 6) is 0. The maximum Gasteiger partial charge on any atom is 0.105 e. The first-order valence-corrected chi connectivity index (χ1v) is 11.1. The summed E-state index contributed by atoms with van der Waals surface area (Å²) >= 11 is 0. The molecule has 0 saturated carbocycles. The van der Waals surface area contributed by atoms with Crippen molar-refractivity contribution in [1.82, 2.24) is 4.90 Å². The van der Waals surface area contributed by atoms with Crippen LogP contribution in [0.2, 0.25) is 0 Å². The Balaban J connectivity index is 1.83. The van der Waals surface area contributed by atoms with Crippen LogP contribution in [0.1, 0.15) is 90.9 Å². The fourth-order valence-electron chi connectivity index (χ4n) is 3.91. The van der Waals surface area contributed by atoms with Gasteiger partial charge in [-0.25, -0.2) is 0 Å². The van der Waals surface area contributed by atoms with E-state index in [0.29, 0.717) is 6.17 Å². The van der Waals surface area contributed by atoms with Crippen molar-refractivity contribution < 1.29 is 0 Å². The molecule has 1 aliphatic heterocycles. The van der Waals surface area contributed by atoms with Gasteiger partial charge >= 0.3 is 0 Å². The van der Waals surface area contributed by atoms with E-state index in [-0.39, 0.29) is 0 Å². The summed E-state index contributed by atoms with van der Waals surface area (Å²) in [7, 11) is 0. The second kappa shape index (κ2) is 12.8. The predicted molar refractivity (Wildman–Crippen MR) is 115 cm³/mol. The summed E-state index contributed by atoms with van der Waals surface area (Å²) in [6.07, 6.45) is 21.4. The normalized spacial score (nSPS) is 16.6. The molecule has 0 aromatic heterocycles. The highest BCUT2D eigenvalue weighted by Crippen LogP contribution is 2.28. The van der Waals surface area contributed by atoms with Gasteiger partial charge in [0.25, 0.3) is 0 Å². The number of hydrogen-bond acceptors (Lipinski definition) is 2. The molecule has 0 amide bonds. The summed E-state index contributed by atoms with van der Waals surface area (Å²) in [5.41, 5.74) is 1.33. The van der Waals surface area contributed by atoms with E-state index in [9.17, 15) is 0 Å². The zero-order valence-corrected chi connectivity index (χ0v) is 17.2. The van der Waals surface area contributed by atoms with Crippen molar-refractivity contribution in [2.45, 2.75) is 97.1 Å². The standard InChI is InChI=1S/C24H40N2/c1-3-5-7-9-11-16-20-25-21-22-26(23-17-13-12-14-18-23)24(25)19-15-10-8-6-4-2/h12-14,17-18,21-22,24H,3-11,15-16,19-20H2,1-2H3. The van der Waals surface area contributed by atoms with Gasteiger partial charge in [-0.3, -0.25) is 0 Å². The first kappa shape index (κ1) is 20.9. The highest BCUT2D eigenvalue weighted by atomic mass is 15.4. The van der Waals surface area contributed by atoms with Crippen molar-refractivity contribution in [1.29, 1.82) is 0 Å². The Morgan fingerprint density at radius 3 is 2.00 bits per heavy atom. The van der Waals surface area contributed by atoms with Crippen molar-refractivity contribution in [2.24, 2.45) is 0 Å². The maximum absolute atomic E-state index is 2.59. The van der Waals surface area contributed by atoms with Crippen LogP contribution in [0.4, 0.5) is 5.69 Å². The second-order valence-electron chi connectivity index (χ2n) is 7.73. The molecule has 2 heteroatoms. The molecule has 1 aromatic carbocycles. The van der Waals surface area contributed by atoms with Crippen molar-refractivity contribution in [3.8, 4) is 0 Å². The van der Waals surface area contributed by atoms with Gasteiger partial charge in [0, 0.05) is 24.6 Å². The third kappa shape index (κ3) is 7.05. The lowest BCUT2D eigenvalue weighted by Crippen LogP contribution is -2.39. The quantitative estimate of drug-likeness (QED) is 0.322. The van der Waals surface area contributed by atoms with E-state index in [2.05, 4.69) is 66.4 Å². The molecular formula is C24H40N2. The number of para-hydroxylation sites is 1. The van der Waals surface area contributed by atoms with Gasteiger partial charge in [-0.1, -0.05) is 89.8 Å². The average Bonchev–Trinajstić information content (AvgIpc) is 3.08. The molecule has 0 fully saturated rings. The van der Waals surface area contributed by atoms with Gasteiger partial charge in [-0.05, 0) is 31.4 Å². The van der Waals surface area contributed by atoms with E-state index in [0.717, 1.165) is 0 Å². The van der Waals surface area contributed by atoms with Crippen LogP contribution < -0.4 is 4.90 Å². The molecule has 1 atom stereocenters. The molecule has 1 aliphatic rings. The topological polar surface area (TPSA) is 6.48 Å². The maximum atomic E-state index is 2.59. The molecule has 2 nitrogen and oxygen atoms in total. The summed E-state index contributed by atoms with van der Waals surface area (Å²) in [5, 5.41) is 0. The molecule has 2 rings (SSSR count). The Labute approximate surface area is 162 Å². The van der Waals surface area contributed by atoms with E-state index in [1.807, 2.05) is 0 Å². The van der Waals surface area contributed by atoms with E-state index in [1.165, 1.54) is 89.3 Å². The number of benzene rings is 1. The average molecular weight is 357 g/mol. The molecule has 0 saturated heterocycles. The first-order valence-electron chi connectivity index (χ1n) is 11.1. The zero-order chi connectivity index (χ0) is 18.5. The van der Waals surface area contributed by atoms with Crippen LogP contribution in [0, 0.1) is 0 Å². The van der Waals surface area contributed by atoms with Gasteiger partial charge in [0.2, 0.25) is 0 Å². The monoisotopic (exact) mass is 356 g/mol. The van der Waals surface area contributed by atoms with Gasteiger partial charge in [0.15, 0.2) is 0 Å². The zero-order valence-electron chi connectivity index (χ0n) is 17.2. The Morgan fingerprint density at radius 1 is 0.692 bits per heavy atom. The summed E-state index contributed by atoms with van der Waals surface area (Å²) in [4.78, 5) is 5.07. The SMILES string of the molecule is CCCCCCCCN1C=CN(c2ccccc2)C1CCCCCCC. The Hall–Kier alpha value is -1.44. The molecule has 0 aliphatic carbocycles. The van der Waals surface area contributed by atoms with E-state index in [1.54, 1.807) is 0 Å². The number of unbranched alkanes of at least 4 members (excludes halogenated alkanes) is 9. The van der Waals surface area contributed by atoms with Gasteiger partial charge in [-0.2, -0.15) is 0 Å². The molecule has 1 heterocycles. The third-order valence-corrected chi connectivity index (χ3v) is 5.51. The smallest absolute Gasteiger partial charge is 0.105 e. The lowest BCUT2D eigenvalue weighted by atomic mass is 10.1. The number of hydrogen-bond donors (Lipinski definition) is 0. The molecular weight excluding hydrogens is 316 g/mol. The molecule has 1 aromatic rings. The Morgan fingerprint density at radius 2 is 1.31 bits per heavy atom. The summed E-state index contributed by atoms with van der Waals surface area (Å²) < 4.78 is 0. The van der Waals surface area contributed by atoms with Crippen LogP contribution >= 0.6 is 0 Å². The van der Waals surface area contributed by atoms with Crippen LogP contribution in [-0.4, -0.2) is 17.6 Å². The van der Waals surface area contributed by atoms with E-state index < -0.39 is 0 Å². The third-order valence-electron chi connectivity index (χ3n) is 5.51. The lowest BCUT2D eigenvalue weighted by molar-refractivity contribution is 0.273. The highest BCUT2D eigenvalue weighted by molar-refractivity contribution is 5.51.